The number of carboxylic acid groups (broad SMARTS) is 1. The number of primary amides is 1. The fourth-order valence-electron chi connectivity index (χ4n) is 3.81. The Bertz CT molecular complexity index is 1150. The fourth-order valence-corrected chi connectivity index (χ4v) is 3.81. The van der Waals surface area contributed by atoms with Crippen molar-refractivity contribution in [3.05, 3.63) is 0 Å². The number of hydrogen-bond donors (Lipinski definition) is 13. The Labute approximate surface area is 275 Å². The Morgan fingerprint density at radius 2 is 0.979 bits per heavy atom. The van der Waals surface area contributed by atoms with Crippen molar-refractivity contribution >= 4 is 47.3 Å². The Morgan fingerprint density at radius 3 is 1.40 bits per heavy atom. The molecule has 0 heterocycles. The largest absolute Gasteiger partial charge is 0.480 e. The van der Waals surface area contributed by atoms with Gasteiger partial charge in [0.05, 0.1) is 25.9 Å². The van der Waals surface area contributed by atoms with E-state index in [0.29, 0.717) is 0 Å². The van der Waals surface area contributed by atoms with Gasteiger partial charge < -0.3 is 68.9 Å². The molecule has 0 aliphatic rings. The van der Waals surface area contributed by atoms with Crippen LogP contribution >= 0.6 is 0 Å². The number of nitrogens with one attached hydrogen (secondary N) is 6. The van der Waals surface area contributed by atoms with Crippen molar-refractivity contribution < 1.29 is 63.9 Å². The lowest BCUT2D eigenvalue weighted by Gasteiger charge is -2.27. The van der Waals surface area contributed by atoms with Gasteiger partial charge >= 0.3 is 5.97 Å². The van der Waals surface area contributed by atoms with Crippen LogP contribution in [0.25, 0.3) is 0 Å². The molecular formula is C27H48N8O13. The number of carboxylic acids is 1. The molecule has 274 valence electrons. The number of nitrogens with two attached hydrogens (primary N) is 2. The number of carbonyl (C=O) groups excluding carboxylic acids is 7. The van der Waals surface area contributed by atoms with E-state index in [4.69, 9.17) is 16.6 Å². The smallest absolute Gasteiger partial charge is 0.328 e. The van der Waals surface area contributed by atoms with Gasteiger partial charge in [0.15, 0.2) is 0 Å². The van der Waals surface area contributed by atoms with E-state index in [0.717, 1.165) is 0 Å². The highest BCUT2D eigenvalue weighted by atomic mass is 16.4. The average Bonchev–Trinajstić information content (AvgIpc) is 3.00. The summed E-state index contributed by atoms with van der Waals surface area (Å²) >= 11 is 0. The van der Waals surface area contributed by atoms with Gasteiger partial charge in [0.25, 0.3) is 0 Å². The number of rotatable bonds is 22. The zero-order valence-corrected chi connectivity index (χ0v) is 27.1. The van der Waals surface area contributed by atoms with E-state index in [2.05, 4.69) is 26.6 Å². The summed E-state index contributed by atoms with van der Waals surface area (Å²) in [5.41, 5.74) is 10.6. The standard InChI is InChI=1S/C27H48N8O13/c1-11(2)7-15(23(43)31-14(5-6-19(28)40)22(42)35-18(10-38)27(47)48)32-24(44)17(9-37)34-25(45)16(8-36)33-21(41)12(3)30-26(46)20(29)13(4)39/h11-18,20,36-39H,5-10,29H2,1-4H3,(H2,28,40)(H,30,46)(H,31,43)(H,32,44)(H,33,41)(H,34,45)(H,35,42)(H,47,48)/t12-,13+,14-,15-,16-,17-,18-,20-/m0/s1. The number of hydrogen-bond acceptors (Lipinski definition) is 13. The van der Waals surface area contributed by atoms with E-state index >= 15 is 0 Å². The third-order valence-corrected chi connectivity index (χ3v) is 6.66. The summed E-state index contributed by atoms with van der Waals surface area (Å²) in [4.78, 5) is 98.8. The number of carbonyl (C=O) groups is 8. The summed E-state index contributed by atoms with van der Waals surface area (Å²) in [6, 6.07) is -10.7. The molecular weight excluding hydrogens is 644 g/mol. The molecule has 0 aliphatic heterocycles. The van der Waals surface area contributed by atoms with Crippen LogP contribution < -0.4 is 43.4 Å². The summed E-state index contributed by atoms with van der Waals surface area (Å²) in [6.45, 7) is 2.90. The minimum absolute atomic E-state index is 0.0418. The van der Waals surface area contributed by atoms with Crippen molar-refractivity contribution in [2.75, 3.05) is 19.8 Å². The molecule has 0 rings (SSSR count). The van der Waals surface area contributed by atoms with Crippen molar-refractivity contribution in [1.29, 1.82) is 0 Å². The molecule has 21 heteroatoms. The molecule has 7 amide bonds. The summed E-state index contributed by atoms with van der Waals surface area (Å²) in [6.07, 6.45) is -2.04. The molecule has 0 aliphatic carbocycles. The molecule has 0 fully saturated rings. The number of amides is 7. The number of aliphatic hydroxyl groups is 4. The Balaban J connectivity index is 5.73. The molecule has 0 radical (unpaired) electrons. The first-order valence-corrected chi connectivity index (χ1v) is 14.9. The maximum Gasteiger partial charge on any atom is 0.328 e. The van der Waals surface area contributed by atoms with Crippen molar-refractivity contribution in [3.63, 3.8) is 0 Å². The zero-order valence-electron chi connectivity index (χ0n) is 27.1. The van der Waals surface area contributed by atoms with Gasteiger partial charge in [-0.05, 0) is 32.6 Å². The highest BCUT2D eigenvalue weighted by Crippen LogP contribution is 2.08. The van der Waals surface area contributed by atoms with Crippen molar-refractivity contribution in [1.82, 2.24) is 31.9 Å². The topological polar surface area (TPSA) is 362 Å². The maximum absolute atomic E-state index is 13.2. The highest BCUT2D eigenvalue weighted by molar-refractivity contribution is 5.97. The van der Waals surface area contributed by atoms with Crippen LogP contribution in [0.5, 0.6) is 0 Å². The zero-order chi connectivity index (χ0) is 37.3. The van der Waals surface area contributed by atoms with E-state index in [9.17, 15) is 58.8 Å². The van der Waals surface area contributed by atoms with Gasteiger partial charge in [-0.15, -0.1) is 0 Å². The first-order chi connectivity index (χ1) is 22.3. The Morgan fingerprint density at radius 1 is 0.583 bits per heavy atom. The Hall–Kier alpha value is -4.44. The molecule has 8 atom stereocenters. The normalized spacial score (nSPS) is 16.0. The predicted octanol–water partition coefficient (Wildman–Crippen LogP) is -7.00. The second kappa shape index (κ2) is 21.4. The first-order valence-electron chi connectivity index (χ1n) is 14.9. The summed E-state index contributed by atoms with van der Waals surface area (Å²) in [5, 5.41) is 60.4. The summed E-state index contributed by atoms with van der Waals surface area (Å²) in [7, 11) is 0. The van der Waals surface area contributed by atoms with E-state index in [-0.39, 0.29) is 18.8 Å². The van der Waals surface area contributed by atoms with E-state index in [1.165, 1.54) is 13.8 Å². The van der Waals surface area contributed by atoms with Crippen molar-refractivity contribution in [2.24, 2.45) is 17.4 Å². The van der Waals surface area contributed by atoms with Crippen LogP contribution in [0.3, 0.4) is 0 Å². The van der Waals surface area contributed by atoms with Gasteiger partial charge in [0.2, 0.25) is 41.4 Å². The molecule has 15 N–H and O–H groups in total. The van der Waals surface area contributed by atoms with Gasteiger partial charge in [0.1, 0.15) is 42.3 Å². The third kappa shape index (κ3) is 15.4. The fraction of sp³-hybridized carbons (Fsp3) is 0.704. The lowest BCUT2D eigenvalue weighted by atomic mass is 10.0. The van der Waals surface area contributed by atoms with E-state index < -0.39 is 122 Å². The minimum Gasteiger partial charge on any atom is -0.480 e. The van der Waals surface area contributed by atoms with Gasteiger partial charge in [-0.3, -0.25) is 33.6 Å². The Kier molecular flexibility index (Phi) is 19.5. The van der Waals surface area contributed by atoms with Crippen LogP contribution in [0, 0.1) is 5.92 Å². The van der Waals surface area contributed by atoms with Gasteiger partial charge in [-0.1, -0.05) is 13.8 Å². The SMILES string of the molecule is CC(C)C[C@H](NC(=O)[C@H](CO)NC(=O)[C@H](CO)NC(=O)[C@H](C)NC(=O)[C@@H](N)[C@@H](C)O)C(=O)N[C@@H](CCC(N)=O)C(=O)N[C@@H](CO)C(=O)O. The molecule has 21 nitrogen and oxygen atoms in total. The maximum atomic E-state index is 13.2. The molecule has 0 bridgehead atoms. The van der Waals surface area contributed by atoms with Crippen LogP contribution in [0.4, 0.5) is 0 Å². The minimum atomic E-state index is -1.73. The molecule has 0 saturated carbocycles. The summed E-state index contributed by atoms with van der Waals surface area (Å²) < 4.78 is 0. The molecule has 48 heavy (non-hydrogen) atoms. The van der Waals surface area contributed by atoms with E-state index in [1.54, 1.807) is 13.8 Å². The molecule has 0 aromatic carbocycles. The van der Waals surface area contributed by atoms with Crippen LogP contribution in [-0.2, 0) is 38.4 Å². The second-order valence-corrected chi connectivity index (χ2v) is 11.3. The van der Waals surface area contributed by atoms with Crippen LogP contribution in [-0.4, -0.2) is 141 Å². The van der Waals surface area contributed by atoms with Crippen molar-refractivity contribution in [3.8, 4) is 0 Å². The summed E-state index contributed by atoms with van der Waals surface area (Å²) in [5.74, 6) is -8.75. The molecule has 0 unspecified atom stereocenters. The van der Waals surface area contributed by atoms with E-state index in [1.807, 2.05) is 5.32 Å². The van der Waals surface area contributed by atoms with Gasteiger partial charge in [-0.25, -0.2) is 4.79 Å². The second-order valence-electron chi connectivity index (χ2n) is 11.3. The number of aliphatic hydroxyl groups excluding tert-OH is 4. The molecule has 0 saturated heterocycles. The van der Waals surface area contributed by atoms with Gasteiger partial charge in [-0.2, -0.15) is 0 Å². The van der Waals surface area contributed by atoms with Crippen LogP contribution in [0.2, 0.25) is 0 Å². The lowest BCUT2D eigenvalue weighted by Crippen LogP contribution is -2.61. The predicted molar refractivity (Wildman–Crippen MR) is 164 cm³/mol. The van der Waals surface area contributed by atoms with Crippen LogP contribution in [0.1, 0.15) is 47.0 Å². The van der Waals surface area contributed by atoms with Gasteiger partial charge in [0, 0.05) is 6.42 Å². The number of aliphatic carboxylic acids is 1. The average molecular weight is 693 g/mol. The molecule has 0 aromatic rings. The molecule has 0 spiro atoms. The quantitative estimate of drug-likeness (QED) is 0.0501. The third-order valence-electron chi connectivity index (χ3n) is 6.66. The van der Waals surface area contributed by atoms with Crippen LogP contribution in [0.15, 0.2) is 0 Å². The monoisotopic (exact) mass is 692 g/mol. The highest BCUT2D eigenvalue weighted by Gasteiger charge is 2.33. The lowest BCUT2D eigenvalue weighted by molar-refractivity contribution is -0.143. The van der Waals surface area contributed by atoms with Crippen molar-refractivity contribution in [2.45, 2.75) is 95.4 Å². The molecule has 0 aromatic heterocycles. The first kappa shape index (κ1) is 43.6.